The lowest BCUT2D eigenvalue weighted by molar-refractivity contribution is 0.800. The van der Waals surface area contributed by atoms with Crippen LogP contribution in [0.2, 0.25) is 0 Å². The molecule has 2 heterocycles. The molecule has 5 heteroatoms. The van der Waals surface area contributed by atoms with Crippen molar-refractivity contribution in [3.05, 3.63) is 37.8 Å². The van der Waals surface area contributed by atoms with Gasteiger partial charge >= 0.3 is 0 Å². The smallest absolute Gasteiger partial charge is 0.133 e. The minimum absolute atomic E-state index is 0.400. The highest BCUT2D eigenvalue weighted by atomic mass is 32.1. The number of hydrogen-bond donors (Lipinski definition) is 1. The average Bonchev–Trinajstić information content (AvgIpc) is 2.62. The molecule has 2 rings (SSSR count). The monoisotopic (exact) mass is 279 g/mol. The first kappa shape index (κ1) is 13.4. The molecule has 0 saturated carbocycles. The molecule has 0 aliphatic rings. The van der Waals surface area contributed by atoms with Crippen LogP contribution in [-0.4, -0.2) is 15.0 Å². The van der Waals surface area contributed by atoms with Gasteiger partial charge in [0.1, 0.15) is 10.5 Å². The van der Waals surface area contributed by atoms with Gasteiger partial charge in [0.25, 0.3) is 0 Å². The summed E-state index contributed by atoms with van der Waals surface area (Å²) in [6.07, 6.45) is 0.715. The lowest BCUT2D eigenvalue weighted by atomic mass is 10.0. The molecule has 0 unspecified atom stereocenters. The standard InChI is InChI=1S/C13H17N3S2/c1-7(2)12-8(3)14-11(16-13(12)17)5-10-6-18-9(4)15-10/h6-7H,5H2,1-4H3,(H,14,16,17). The fourth-order valence-corrected chi connectivity index (χ4v) is 3.19. The number of nitrogens with zero attached hydrogens (tertiary/aromatic N) is 2. The van der Waals surface area contributed by atoms with Crippen LogP contribution in [0.15, 0.2) is 5.38 Å². The van der Waals surface area contributed by atoms with Crippen LogP contribution < -0.4 is 0 Å². The largest absolute Gasteiger partial charge is 0.347 e. The van der Waals surface area contributed by atoms with Crippen LogP contribution in [0.25, 0.3) is 0 Å². The van der Waals surface area contributed by atoms with Crippen LogP contribution >= 0.6 is 23.6 Å². The van der Waals surface area contributed by atoms with Crippen molar-refractivity contribution in [2.24, 2.45) is 0 Å². The first-order chi connectivity index (χ1) is 8.47. The first-order valence-electron chi connectivity index (χ1n) is 5.98. The van der Waals surface area contributed by atoms with E-state index in [4.69, 9.17) is 12.2 Å². The van der Waals surface area contributed by atoms with E-state index in [1.807, 2.05) is 6.92 Å². The maximum Gasteiger partial charge on any atom is 0.133 e. The summed E-state index contributed by atoms with van der Waals surface area (Å²) < 4.78 is 0.711. The predicted octanol–water partition coefficient (Wildman–Crippen LogP) is 3.93. The third-order valence-corrected chi connectivity index (χ3v) is 3.93. The van der Waals surface area contributed by atoms with E-state index in [0.717, 1.165) is 27.8 Å². The fourth-order valence-electron chi connectivity index (χ4n) is 2.08. The Kier molecular flexibility index (Phi) is 3.92. The zero-order valence-electron chi connectivity index (χ0n) is 11.1. The van der Waals surface area contributed by atoms with Gasteiger partial charge in [-0.15, -0.1) is 11.3 Å². The van der Waals surface area contributed by atoms with E-state index in [2.05, 4.69) is 41.1 Å². The number of nitrogens with one attached hydrogen (secondary N) is 1. The van der Waals surface area contributed by atoms with Crippen LogP contribution in [0.3, 0.4) is 0 Å². The Hall–Kier alpha value is -1.07. The average molecular weight is 279 g/mol. The van der Waals surface area contributed by atoms with Gasteiger partial charge in [-0.25, -0.2) is 9.97 Å². The topological polar surface area (TPSA) is 41.6 Å². The summed E-state index contributed by atoms with van der Waals surface area (Å²) in [5.41, 5.74) is 3.31. The first-order valence-corrected chi connectivity index (χ1v) is 7.27. The summed E-state index contributed by atoms with van der Waals surface area (Å²) in [4.78, 5) is 12.3. The van der Waals surface area contributed by atoms with E-state index in [1.165, 1.54) is 0 Å². The Morgan fingerprint density at radius 1 is 1.33 bits per heavy atom. The molecule has 2 aromatic heterocycles. The molecular formula is C13H17N3S2. The summed E-state index contributed by atoms with van der Waals surface area (Å²) in [5.74, 6) is 1.30. The van der Waals surface area contributed by atoms with Crippen molar-refractivity contribution in [1.29, 1.82) is 0 Å². The van der Waals surface area contributed by atoms with Crippen LogP contribution in [0.5, 0.6) is 0 Å². The maximum absolute atomic E-state index is 5.38. The van der Waals surface area contributed by atoms with Crippen molar-refractivity contribution in [2.45, 2.75) is 40.0 Å². The Morgan fingerprint density at radius 3 is 2.56 bits per heavy atom. The molecule has 0 aromatic carbocycles. The molecule has 0 radical (unpaired) electrons. The minimum Gasteiger partial charge on any atom is -0.347 e. The third kappa shape index (κ3) is 2.84. The quantitative estimate of drug-likeness (QED) is 0.866. The van der Waals surface area contributed by atoms with E-state index >= 15 is 0 Å². The lowest BCUT2D eigenvalue weighted by Gasteiger charge is -2.11. The summed E-state index contributed by atoms with van der Waals surface area (Å²) in [6.45, 7) is 8.34. The van der Waals surface area contributed by atoms with Crippen molar-refractivity contribution in [3.63, 3.8) is 0 Å². The number of thiazole rings is 1. The molecule has 0 spiro atoms. The van der Waals surface area contributed by atoms with E-state index in [-0.39, 0.29) is 0 Å². The highest BCUT2D eigenvalue weighted by Gasteiger charge is 2.10. The van der Waals surface area contributed by atoms with Gasteiger partial charge in [-0.1, -0.05) is 26.1 Å². The normalized spacial score (nSPS) is 11.2. The number of aromatic amines is 1. The fraction of sp³-hybridized carbons (Fsp3) is 0.462. The molecule has 0 fully saturated rings. The molecule has 0 bridgehead atoms. The van der Waals surface area contributed by atoms with Gasteiger partial charge in [-0.05, 0) is 19.8 Å². The summed E-state index contributed by atoms with van der Waals surface area (Å²) >= 11 is 7.04. The second kappa shape index (κ2) is 5.28. The second-order valence-electron chi connectivity index (χ2n) is 4.72. The summed E-state index contributed by atoms with van der Waals surface area (Å²) in [5, 5.41) is 3.15. The summed E-state index contributed by atoms with van der Waals surface area (Å²) in [6, 6.07) is 0. The summed E-state index contributed by atoms with van der Waals surface area (Å²) in [7, 11) is 0. The van der Waals surface area contributed by atoms with Gasteiger partial charge < -0.3 is 4.98 Å². The number of hydrogen-bond acceptors (Lipinski definition) is 4. The number of rotatable bonds is 3. The van der Waals surface area contributed by atoms with E-state index < -0.39 is 0 Å². The predicted molar refractivity (Wildman–Crippen MR) is 77.9 cm³/mol. The van der Waals surface area contributed by atoms with Gasteiger partial charge in [0.2, 0.25) is 0 Å². The molecular weight excluding hydrogens is 262 g/mol. The third-order valence-electron chi connectivity index (χ3n) is 2.80. The molecule has 3 nitrogen and oxygen atoms in total. The van der Waals surface area contributed by atoms with E-state index in [1.54, 1.807) is 11.3 Å². The molecule has 0 aliphatic heterocycles. The van der Waals surface area contributed by atoms with E-state index in [0.29, 0.717) is 17.0 Å². The SMILES string of the molecule is Cc1nc(Cc2nc(=S)c(C(C)C)c(C)[nH]2)cs1. The van der Waals surface area contributed by atoms with Crippen molar-refractivity contribution in [2.75, 3.05) is 0 Å². The molecule has 0 amide bonds. The Labute approximate surface area is 116 Å². The van der Waals surface area contributed by atoms with Gasteiger partial charge in [0, 0.05) is 23.1 Å². The number of aryl methyl sites for hydroxylation is 2. The van der Waals surface area contributed by atoms with Crippen molar-refractivity contribution < 1.29 is 0 Å². The molecule has 0 saturated heterocycles. The molecule has 0 atom stereocenters. The highest BCUT2D eigenvalue weighted by molar-refractivity contribution is 7.71. The Bertz CT molecular complexity index is 611. The van der Waals surface area contributed by atoms with Gasteiger partial charge in [0.15, 0.2) is 0 Å². The Balaban J connectivity index is 2.34. The van der Waals surface area contributed by atoms with Crippen LogP contribution in [0.1, 0.15) is 47.5 Å². The maximum atomic E-state index is 5.38. The molecule has 96 valence electrons. The van der Waals surface area contributed by atoms with Crippen LogP contribution in [0.4, 0.5) is 0 Å². The second-order valence-corrected chi connectivity index (χ2v) is 6.17. The van der Waals surface area contributed by atoms with Crippen molar-refractivity contribution >= 4 is 23.6 Å². The van der Waals surface area contributed by atoms with Gasteiger partial charge in [-0.3, -0.25) is 0 Å². The minimum atomic E-state index is 0.400. The van der Waals surface area contributed by atoms with Gasteiger partial charge in [0.05, 0.1) is 10.7 Å². The number of aromatic nitrogens is 3. The zero-order chi connectivity index (χ0) is 13.3. The van der Waals surface area contributed by atoms with Gasteiger partial charge in [-0.2, -0.15) is 0 Å². The zero-order valence-corrected chi connectivity index (χ0v) is 12.7. The van der Waals surface area contributed by atoms with Crippen LogP contribution in [0, 0.1) is 18.5 Å². The van der Waals surface area contributed by atoms with E-state index in [9.17, 15) is 0 Å². The highest BCUT2D eigenvalue weighted by Crippen LogP contribution is 2.19. The molecule has 2 aromatic rings. The van der Waals surface area contributed by atoms with Crippen molar-refractivity contribution in [1.82, 2.24) is 15.0 Å². The van der Waals surface area contributed by atoms with Crippen LogP contribution in [-0.2, 0) is 6.42 Å². The number of H-pyrrole nitrogens is 1. The molecule has 18 heavy (non-hydrogen) atoms. The molecule has 1 N–H and O–H groups in total. The Morgan fingerprint density at radius 2 is 2.06 bits per heavy atom. The van der Waals surface area contributed by atoms with Crippen molar-refractivity contribution in [3.8, 4) is 0 Å². The molecule has 0 aliphatic carbocycles. The lowest BCUT2D eigenvalue weighted by Crippen LogP contribution is -2.05.